The molecule has 114 valence electrons. The number of carbonyl (C=O) groups is 1. The third kappa shape index (κ3) is 2.64. The monoisotopic (exact) mass is 297 g/mol. The molecule has 0 aromatic heterocycles. The number of hydrogen-bond acceptors (Lipinski definition) is 3. The smallest absolute Gasteiger partial charge is 0.263 e. The number of nitrogens with one attached hydrogen (secondary N) is 1. The Balaban J connectivity index is 1.89. The fourth-order valence-corrected chi connectivity index (χ4v) is 2.92. The summed E-state index contributed by atoms with van der Waals surface area (Å²) in [5.41, 5.74) is 3.92. The molecule has 0 bridgehead atoms. The van der Waals surface area contributed by atoms with E-state index in [9.17, 15) is 4.79 Å². The van der Waals surface area contributed by atoms with Crippen LogP contribution in [-0.2, 0) is 12.8 Å². The van der Waals surface area contributed by atoms with E-state index in [2.05, 4.69) is 17.4 Å². The molecule has 22 heavy (non-hydrogen) atoms. The minimum atomic E-state index is -0.229. The average molecular weight is 297 g/mol. The molecule has 2 aromatic carbocycles. The molecule has 0 heterocycles. The molecule has 0 atom stereocenters. The van der Waals surface area contributed by atoms with E-state index in [4.69, 9.17) is 9.47 Å². The third-order valence-corrected chi connectivity index (χ3v) is 4.01. The van der Waals surface area contributed by atoms with Gasteiger partial charge in [0.15, 0.2) is 0 Å². The maximum atomic E-state index is 12.6. The molecule has 0 unspecified atom stereocenters. The lowest BCUT2D eigenvalue weighted by molar-refractivity contribution is 0.102. The van der Waals surface area contributed by atoms with Gasteiger partial charge in [0.25, 0.3) is 5.91 Å². The molecule has 0 fully saturated rings. The van der Waals surface area contributed by atoms with Crippen LogP contribution in [0.1, 0.15) is 27.9 Å². The van der Waals surface area contributed by atoms with Crippen LogP contribution in [0.25, 0.3) is 0 Å². The standard InChI is InChI=1S/C18H19NO3/c1-21-15-7-4-8-16(22-2)17(15)18(20)19-14-10-9-12-5-3-6-13(12)11-14/h4,7-11H,3,5-6H2,1-2H3,(H,19,20). The molecule has 1 amide bonds. The number of benzene rings is 2. The number of aryl methyl sites for hydroxylation is 2. The van der Waals surface area contributed by atoms with Gasteiger partial charge in [-0.05, 0) is 54.7 Å². The Morgan fingerprint density at radius 2 is 1.68 bits per heavy atom. The van der Waals surface area contributed by atoms with Crippen molar-refractivity contribution in [2.75, 3.05) is 19.5 Å². The minimum Gasteiger partial charge on any atom is -0.496 e. The first kappa shape index (κ1) is 14.4. The highest BCUT2D eigenvalue weighted by molar-refractivity contribution is 6.08. The van der Waals surface area contributed by atoms with E-state index < -0.39 is 0 Å². The van der Waals surface area contributed by atoms with E-state index in [1.54, 1.807) is 32.4 Å². The first-order valence-electron chi connectivity index (χ1n) is 7.37. The lowest BCUT2D eigenvalue weighted by atomic mass is 10.1. The summed E-state index contributed by atoms with van der Waals surface area (Å²) in [6.45, 7) is 0. The van der Waals surface area contributed by atoms with Crippen molar-refractivity contribution < 1.29 is 14.3 Å². The molecule has 1 N–H and O–H groups in total. The predicted molar refractivity (Wildman–Crippen MR) is 86.0 cm³/mol. The second kappa shape index (κ2) is 6.10. The molecule has 1 aliphatic rings. The molecule has 1 aliphatic carbocycles. The molecular weight excluding hydrogens is 278 g/mol. The van der Waals surface area contributed by atoms with Crippen LogP contribution in [0.5, 0.6) is 11.5 Å². The maximum Gasteiger partial charge on any atom is 0.263 e. The second-order valence-electron chi connectivity index (χ2n) is 5.33. The molecule has 3 rings (SSSR count). The predicted octanol–water partition coefficient (Wildman–Crippen LogP) is 3.44. The van der Waals surface area contributed by atoms with Gasteiger partial charge in [0, 0.05) is 5.69 Å². The highest BCUT2D eigenvalue weighted by Gasteiger charge is 2.19. The first-order valence-corrected chi connectivity index (χ1v) is 7.37. The highest BCUT2D eigenvalue weighted by atomic mass is 16.5. The van der Waals surface area contributed by atoms with Crippen LogP contribution >= 0.6 is 0 Å². The van der Waals surface area contributed by atoms with E-state index in [0.29, 0.717) is 17.1 Å². The minimum absolute atomic E-state index is 0.229. The Morgan fingerprint density at radius 1 is 1.00 bits per heavy atom. The summed E-state index contributed by atoms with van der Waals surface area (Å²) in [4.78, 5) is 12.6. The van der Waals surface area contributed by atoms with Gasteiger partial charge in [-0.2, -0.15) is 0 Å². The SMILES string of the molecule is COc1cccc(OC)c1C(=O)Nc1ccc2c(c1)CCC2. The molecule has 4 heteroatoms. The quantitative estimate of drug-likeness (QED) is 0.940. The van der Waals surface area contributed by atoms with E-state index in [0.717, 1.165) is 18.5 Å². The van der Waals surface area contributed by atoms with Crippen LogP contribution in [0, 0.1) is 0 Å². The highest BCUT2D eigenvalue weighted by Crippen LogP contribution is 2.30. The third-order valence-electron chi connectivity index (χ3n) is 4.01. The molecule has 2 aromatic rings. The van der Waals surface area contributed by atoms with Gasteiger partial charge in [0.2, 0.25) is 0 Å². The van der Waals surface area contributed by atoms with Gasteiger partial charge in [-0.15, -0.1) is 0 Å². The number of carbonyl (C=O) groups excluding carboxylic acids is 1. The Bertz CT molecular complexity index is 687. The largest absolute Gasteiger partial charge is 0.496 e. The van der Waals surface area contributed by atoms with Gasteiger partial charge in [-0.1, -0.05) is 12.1 Å². The Hall–Kier alpha value is -2.49. The van der Waals surface area contributed by atoms with Gasteiger partial charge >= 0.3 is 0 Å². The van der Waals surface area contributed by atoms with Crippen molar-refractivity contribution in [3.63, 3.8) is 0 Å². The Kier molecular flexibility index (Phi) is 4.00. The first-order chi connectivity index (χ1) is 10.7. The van der Waals surface area contributed by atoms with Crippen LogP contribution in [0.4, 0.5) is 5.69 Å². The van der Waals surface area contributed by atoms with Crippen molar-refractivity contribution in [3.8, 4) is 11.5 Å². The van der Waals surface area contributed by atoms with Crippen LogP contribution in [0.15, 0.2) is 36.4 Å². The summed E-state index contributed by atoms with van der Waals surface area (Å²) in [5.74, 6) is 0.767. The van der Waals surface area contributed by atoms with E-state index in [1.807, 2.05) is 6.07 Å². The summed E-state index contributed by atoms with van der Waals surface area (Å²) in [6, 6.07) is 11.4. The number of amides is 1. The van der Waals surface area contributed by atoms with Gasteiger partial charge in [-0.25, -0.2) is 0 Å². The zero-order valence-electron chi connectivity index (χ0n) is 12.8. The van der Waals surface area contributed by atoms with Crippen molar-refractivity contribution in [1.82, 2.24) is 0 Å². The number of anilines is 1. The number of hydrogen-bond donors (Lipinski definition) is 1. The zero-order chi connectivity index (χ0) is 15.5. The van der Waals surface area contributed by atoms with Crippen molar-refractivity contribution in [3.05, 3.63) is 53.1 Å². The summed E-state index contributed by atoms with van der Waals surface area (Å²) >= 11 is 0. The van der Waals surface area contributed by atoms with E-state index in [-0.39, 0.29) is 5.91 Å². The average Bonchev–Trinajstić information content (AvgIpc) is 3.01. The summed E-state index contributed by atoms with van der Waals surface area (Å²) in [6.07, 6.45) is 3.40. The number of fused-ring (bicyclic) bond motifs is 1. The Labute approximate surface area is 130 Å². The molecular formula is C18H19NO3. The fourth-order valence-electron chi connectivity index (χ4n) is 2.92. The van der Waals surface area contributed by atoms with Crippen molar-refractivity contribution in [1.29, 1.82) is 0 Å². The van der Waals surface area contributed by atoms with E-state index in [1.165, 1.54) is 17.5 Å². The number of ether oxygens (including phenoxy) is 2. The van der Waals surface area contributed by atoms with Crippen LogP contribution in [0.3, 0.4) is 0 Å². The molecule has 0 saturated carbocycles. The molecule has 0 aliphatic heterocycles. The molecule has 4 nitrogen and oxygen atoms in total. The van der Waals surface area contributed by atoms with Crippen LogP contribution in [0.2, 0.25) is 0 Å². The van der Waals surface area contributed by atoms with Gasteiger partial charge in [0.05, 0.1) is 14.2 Å². The summed E-state index contributed by atoms with van der Waals surface area (Å²) in [7, 11) is 3.09. The number of methoxy groups -OCH3 is 2. The fraction of sp³-hybridized carbons (Fsp3) is 0.278. The van der Waals surface area contributed by atoms with Gasteiger partial charge < -0.3 is 14.8 Å². The van der Waals surface area contributed by atoms with Crippen molar-refractivity contribution in [2.24, 2.45) is 0 Å². The maximum absolute atomic E-state index is 12.6. The lowest BCUT2D eigenvalue weighted by Crippen LogP contribution is -2.14. The van der Waals surface area contributed by atoms with Gasteiger partial charge in [0.1, 0.15) is 17.1 Å². The van der Waals surface area contributed by atoms with Crippen molar-refractivity contribution in [2.45, 2.75) is 19.3 Å². The normalized spacial score (nSPS) is 12.6. The molecule has 0 radical (unpaired) electrons. The van der Waals surface area contributed by atoms with E-state index >= 15 is 0 Å². The zero-order valence-corrected chi connectivity index (χ0v) is 12.8. The number of rotatable bonds is 4. The van der Waals surface area contributed by atoms with Crippen LogP contribution < -0.4 is 14.8 Å². The van der Waals surface area contributed by atoms with Crippen molar-refractivity contribution >= 4 is 11.6 Å². The van der Waals surface area contributed by atoms with Crippen LogP contribution in [-0.4, -0.2) is 20.1 Å². The molecule has 0 spiro atoms. The lowest BCUT2D eigenvalue weighted by Gasteiger charge is -2.13. The second-order valence-corrected chi connectivity index (χ2v) is 5.33. The summed E-state index contributed by atoms with van der Waals surface area (Å²) < 4.78 is 10.6. The van der Waals surface area contributed by atoms with Gasteiger partial charge in [-0.3, -0.25) is 4.79 Å². The summed E-state index contributed by atoms with van der Waals surface area (Å²) in [5, 5.41) is 2.94. The molecule has 0 saturated heterocycles. The topological polar surface area (TPSA) is 47.6 Å². The Morgan fingerprint density at radius 3 is 2.36 bits per heavy atom.